The fourth-order valence-electron chi connectivity index (χ4n) is 4.61. The fraction of sp³-hybridized carbons (Fsp3) is 0.409. The summed E-state index contributed by atoms with van der Waals surface area (Å²) in [4.78, 5) is 15.0. The summed E-state index contributed by atoms with van der Waals surface area (Å²) >= 11 is 0. The van der Waals surface area contributed by atoms with E-state index in [2.05, 4.69) is 6.92 Å². The Balaban J connectivity index is 1.79. The first-order valence-electron chi connectivity index (χ1n) is 9.31. The van der Waals surface area contributed by atoms with Gasteiger partial charge in [-0.3, -0.25) is 4.79 Å². The molecular formula is C22H25NO2. The molecule has 4 rings (SSSR count). The predicted octanol–water partition coefficient (Wildman–Crippen LogP) is 4.11. The minimum atomic E-state index is -1.26. The maximum Gasteiger partial charge on any atom is 0.257 e. The zero-order valence-corrected chi connectivity index (χ0v) is 14.7. The first-order chi connectivity index (χ1) is 12.1. The molecule has 3 nitrogen and oxygen atoms in total. The predicted molar refractivity (Wildman–Crippen MR) is 98.1 cm³/mol. The van der Waals surface area contributed by atoms with Crippen molar-refractivity contribution in [2.45, 2.75) is 50.8 Å². The Kier molecular flexibility index (Phi) is 4.12. The maximum atomic E-state index is 13.2. The van der Waals surface area contributed by atoms with E-state index in [9.17, 15) is 9.90 Å². The van der Waals surface area contributed by atoms with E-state index in [1.165, 1.54) is 6.42 Å². The largest absolute Gasteiger partial charge is 0.366 e. The highest BCUT2D eigenvalue weighted by Gasteiger charge is 2.52. The molecule has 0 bridgehead atoms. The third-order valence-corrected chi connectivity index (χ3v) is 5.90. The Morgan fingerprint density at radius 3 is 2.48 bits per heavy atom. The molecular weight excluding hydrogens is 310 g/mol. The van der Waals surface area contributed by atoms with Crippen molar-refractivity contribution in [1.29, 1.82) is 0 Å². The second-order valence-electron chi connectivity index (χ2n) is 7.53. The van der Waals surface area contributed by atoms with Gasteiger partial charge < -0.3 is 10.0 Å². The summed E-state index contributed by atoms with van der Waals surface area (Å²) in [5, 5.41) is 11.8. The summed E-state index contributed by atoms with van der Waals surface area (Å²) < 4.78 is 0. The maximum absolute atomic E-state index is 13.2. The Morgan fingerprint density at radius 1 is 1.04 bits per heavy atom. The molecule has 1 amide bonds. The van der Waals surface area contributed by atoms with E-state index in [0.717, 1.165) is 30.4 Å². The smallest absolute Gasteiger partial charge is 0.257 e. The van der Waals surface area contributed by atoms with Gasteiger partial charge in [0.05, 0.1) is 0 Å². The van der Waals surface area contributed by atoms with Gasteiger partial charge in [-0.25, -0.2) is 0 Å². The highest BCUT2D eigenvalue weighted by molar-refractivity contribution is 6.00. The van der Waals surface area contributed by atoms with Crippen LogP contribution in [0.4, 0.5) is 0 Å². The molecule has 1 saturated carbocycles. The molecule has 1 fully saturated rings. The highest BCUT2D eigenvalue weighted by atomic mass is 16.3. The van der Waals surface area contributed by atoms with Crippen molar-refractivity contribution in [3.63, 3.8) is 0 Å². The number of carbonyl (C=O) groups is 1. The van der Waals surface area contributed by atoms with Crippen LogP contribution in [0.1, 0.15) is 54.1 Å². The average molecular weight is 335 g/mol. The SMILES string of the molecule is C[C@@H]1CCCC[C@@H]1N1C(=O)c2ccccc2[C@]1(O)Cc1ccccc1. The number of benzene rings is 2. The lowest BCUT2D eigenvalue weighted by Gasteiger charge is -2.44. The van der Waals surface area contributed by atoms with E-state index in [1.54, 1.807) is 4.90 Å². The topological polar surface area (TPSA) is 40.5 Å². The number of hydrogen-bond donors (Lipinski definition) is 1. The van der Waals surface area contributed by atoms with Gasteiger partial charge in [0.15, 0.2) is 5.72 Å². The number of fused-ring (bicyclic) bond motifs is 1. The second kappa shape index (κ2) is 6.30. The number of amides is 1. The molecule has 2 aromatic carbocycles. The van der Waals surface area contributed by atoms with Gasteiger partial charge in [-0.05, 0) is 30.4 Å². The van der Waals surface area contributed by atoms with Crippen molar-refractivity contribution < 1.29 is 9.90 Å². The van der Waals surface area contributed by atoms with Crippen LogP contribution in [0.2, 0.25) is 0 Å². The number of rotatable bonds is 3. The number of carbonyl (C=O) groups excluding carboxylic acids is 1. The molecule has 0 aromatic heterocycles. The lowest BCUT2D eigenvalue weighted by molar-refractivity contribution is -0.115. The standard InChI is InChI=1S/C22H25NO2/c1-16-9-5-8-14-20(16)23-21(24)18-12-6-7-13-19(18)22(23,25)15-17-10-3-2-4-11-17/h2-4,6-7,10-13,16,20,25H,5,8-9,14-15H2,1H3/t16-,20+,22-/m1/s1. The lowest BCUT2D eigenvalue weighted by atomic mass is 9.83. The normalized spacial score (nSPS) is 28.9. The quantitative estimate of drug-likeness (QED) is 0.917. The summed E-state index contributed by atoms with van der Waals surface area (Å²) in [6.45, 7) is 2.21. The van der Waals surface area contributed by atoms with Crippen LogP contribution in [0.25, 0.3) is 0 Å². The fourth-order valence-corrected chi connectivity index (χ4v) is 4.61. The average Bonchev–Trinajstić information content (AvgIpc) is 2.85. The van der Waals surface area contributed by atoms with Crippen LogP contribution >= 0.6 is 0 Å². The minimum Gasteiger partial charge on any atom is -0.366 e. The van der Waals surface area contributed by atoms with Crippen LogP contribution in [-0.2, 0) is 12.1 Å². The summed E-state index contributed by atoms with van der Waals surface area (Å²) in [6.07, 6.45) is 4.85. The van der Waals surface area contributed by atoms with E-state index in [0.29, 0.717) is 17.9 Å². The molecule has 0 spiro atoms. The summed E-state index contributed by atoms with van der Waals surface area (Å²) in [5.41, 5.74) is 1.19. The number of aliphatic hydroxyl groups is 1. The van der Waals surface area contributed by atoms with E-state index >= 15 is 0 Å². The molecule has 1 heterocycles. The molecule has 1 N–H and O–H groups in total. The molecule has 130 valence electrons. The Hall–Kier alpha value is -2.13. The van der Waals surface area contributed by atoms with Crippen molar-refractivity contribution >= 4 is 5.91 Å². The molecule has 0 radical (unpaired) electrons. The van der Waals surface area contributed by atoms with E-state index in [4.69, 9.17) is 0 Å². The molecule has 0 saturated heterocycles. The Bertz CT molecular complexity index is 773. The van der Waals surface area contributed by atoms with Gasteiger partial charge in [-0.1, -0.05) is 68.3 Å². The molecule has 2 aromatic rings. The molecule has 1 aliphatic carbocycles. The molecule has 0 unspecified atom stereocenters. The minimum absolute atomic E-state index is 0.0206. The van der Waals surface area contributed by atoms with Crippen LogP contribution in [-0.4, -0.2) is 22.0 Å². The zero-order chi connectivity index (χ0) is 17.4. The molecule has 3 atom stereocenters. The van der Waals surface area contributed by atoms with Crippen LogP contribution < -0.4 is 0 Å². The van der Waals surface area contributed by atoms with Gasteiger partial charge in [-0.2, -0.15) is 0 Å². The number of hydrogen-bond acceptors (Lipinski definition) is 2. The van der Waals surface area contributed by atoms with E-state index < -0.39 is 5.72 Å². The lowest BCUT2D eigenvalue weighted by Crippen LogP contribution is -2.54. The van der Waals surface area contributed by atoms with Gasteiger partial charge in [0, 0.05) is 23.6 Å². The third kappa shape index (κ3) is 2.67. The van der Waals surface area contributed by atoms with Crippen molar-refractivity contribution in [2.24, 2.45) is 5.92 Å². The van der Waals surface area contributed by atoms with Gasteiger partial charge in [-0.15, -0.1) is 0 Å². The van der Waals surface area contributed by atoms with Crippen LogP contribution in [0.15, 0.2) is 54.6 Å². The molecule has 1 aliphatic heterocycles. The molecule has 3 heteroatoms. The van der Waals surface area contributed by atoms with Gasteiger partial charge in [0.25, 0.3) is 5.91 Å². The molecule has 25 heavy (non-hydrogen) atoms. The van der Waals surface area contributed by atoms with E-state index in [-0.39, 0.29) is 11.9 Å². The summed E-state index contributed by atoms with van der Waals surface area (Å²) in [5.74, 6) is 0.391. The first-order valence-corrected chi connectivity index (χ1v) is 9.31. The van der Waals surface area contributed by atoms with Gasteiger partial charge in [0.1, 0.15) is 0 Å². The molecule has 2 aliphatic rings. The highest BCUT2D eigenvalue weighted by Crippen LogP contribution is 2.44. The monoisotopic (exact) mass is 335 g/mol. The summed E-state index contributed by atoms with van der Waals surface area (Å²) in [6, 6.07) is 17.6. The van der Waals surface area contributed by atoms with Crippen molar-refractivity contribution in [3.8, 4) is 0 Å². The zero-order valence-electron chi connectivity index (χ0n) is 14.7. The Labute approximate surface area is 149 Å². The van der Waals surface area contributed by atoms with Gasteiger partial charge in [0.2, 0.25) is 0 Å². The Morgan fingerprint density at radius 2 is 1.72 bits per heavy atom. The van der Waals surface area contributed by atoms with Crippen LogP contribution in [0.3, 0.4) is 0 Å². The van der Waals surface area contributed by atoms with Crippen molar-refractivity contribution in [3.05, 3.63) is 71.3 Å². The third-order valence-electron chi connectivity index (χ3n) is 5.90. The summed E-state index contributed by atoms with van der Waals surface area (Å²) in [7, 11) is 0. The van der Waals surface area contributed by atoms with Crippen LogP contribution in [0, 0.1) is 5.92 Å². The van der Waals surface area contributed by atoms with Crippen LogP contribution in [0.5, 0.6) is 0 Å². The first kappa shape index (κ1) is 16.3. The van der Waals surface area contributed by atoms with Crippen molar-refractivity contribution in [1.82, 2.24) is 4.90 Å². The second-order valence-corrected chi connectivity index (χ2v) is 7.53. The van der Waals surface area contributed by atoms with Gasteiger partial charge >= 0.3 is 0 Å². The van der Waals surface area contributed by atoms with E-state index in [1.807, 2.05) is 54.6 Å². The number of nitrogens with zero attached hydrogens (tertiary/aromatic N) is 1. The van der Waals surface area contributed by atoms with Crippen molar-refractivity contribution in [2.75, 3.05) is 0 Å².